The molecule has 0 N–H and O–H groups in total. The molecular formula is C138H96N12. The van der Waals surface area contributed by atoms with Crippen molar-refractivity contribution in [3.63, 3.8) is 0 Å². The first-order valence-corrected chi connectivity index (χ1v) is 50.9. The Hall–Kier alpha value is -20.2. The average Bonchev–Trinajstić information content (AvgIpc) is 1.60. The summed E-state index contributed by atoms with van der Waals surface area (Å²) in [7, 11) is 0. The summed E-state index contributed by atoms with van der Waals surface area (Å²) in [6.07, 6.45) is 0. The van der Waals surface area contributed by atoms with E-state index in [1.165, 1.54) is 92.5 Å². The lowest BCUT2D eigenvalue weighted by Crippen LogP contribution is -2.10. The normalized spacial score (nSPS) is 11.5. The second-order valence-corrected chi connectivity index (χ2v) is 38.0. The number of rotatable bonds is 18. The van der Waals surface area contributed by atoms with E-state index in [-0.39, 0.29) is 0 Å². The van der Waals surface area contributed by atoms with Gasteiger partial charge in [-0.05, 0) is 308 Å². The van der Waals surface area contributed by atoms with Crippen LogP contribution in [0.1, 0.15) is 5.56 Å². The zero-order chi connectivity index (χ0) is 99.5. The fourth-order valence-corrected chi connectivity index (χ4v) is 22.0. The molecule has 0 atom stereocenters. The summed E-state index contributed by atoms with van der Waals surface area (Å²) < 4.78 is 13.9. The van der Waals surface area contributed by atoms with E-state index in [2.05, 4.69) is 607 Å². The predicted octanol–water partition coefficient (Wildman–Crippen LogP) is 36.4. The second kappa shape index (κ2) is 38.2. The molecule has 0 amide bonds. The first kappa shape index (κ1) is 88.7. The Kier molecular flexibility index (Phi) is 22.6. The Balaban J connectivity index is 0.000000111. The van der Waals surface area contributed by atoms with E-state index in [0.29, 0.717) is 0 Å². The highest BCUT2D eigenvalue weighted by Gasteiger charge is 2.26. The fourth-order valence-electron chi connectivity index (χ4n) is 22.0. The lowest BCUT2D eigenvalue weighted by atomic mass is 10.1. The summed E-state index contributed by atoms with van der Waals surface area (Å²) in [6.45, 7) is 2.12. The molecule has 23 aromatic carbocycles. The highest BCUT2D eigenvalue weighted by molar-refractivity contribution is 6.12. The number of para-hydroxylation sites is 15. The lowest BCUT2D eigenvalue weighted by Gasteiger charge is -2.26. The molecule has 6 aromatic heterocycles. The summed E-state index contributed by atoms with van der Waals surface area (Å²) in [5.74, 6) is 2.76. The number of fused-ring (bicyclic) bond motifs is 14. The Bertz CT molecular complexity index is 9890. The molecule has 0 saturated heterocycles. The molecule has 0 aliphatic rings. The number of aryl methyl sites for hydroxylation is 1. The third kappa shape index (κ3) is 16.0. The molecule has 6 heterocycles. The third-order valence-corrected chi connectivity index (χ3v) is 29.0. The van der Waals surface area contributed by atoms with Crippen LogP contribution in [-0.4, -0.2) is 42.4 Å². The highest BCUT2D eigenvalue weighted by atomic mass is 15.2. The minimum absolute atomic E-state index is 0.917. The molecule has 12 heteroatoms. The van der Waals surface area contributed by atoms with Crippen LogP contribution < -0.4 is 14.7 Å². The summed E-state index contributed by atoms with van der Waals surface area (Å²) in [5.41, 5.74) is 34.3. The molecule has 29 aromatic rings. The number of imidazole rings is 3. The van der Waals surface area contributed by atoms with E-state index in [0.717, 1.165) is 153 Å². The van der Waals surface area contributed by atoms with E-state index in [1.807, 2.05) is 6.07 Å². The van der Waals surface area contributed by atoms with E-state index in [4.69, 9.17) is 15.0 Å². The molecule has 0 bridgehead atoms. The van der Waals surface area contributed by atoms with Crippen LogP contribution in [0.4, 0.5) is 51.2 Å². The molecule has 29 rings (SSSR count). The van der Waals surface area contributed by atoms with Gasteiger partial charge in [-0.3, -0.25) is 13.7 Å². The van der Waals surface area contributed by atoms with E-state index in [9.17, 15) is 0 Å². The van der Waals surface area contributed by atoms with Gasteiger partial charge in [0.1, 0.15) is 17.5 Å². The van der Waals surface area contributed by atoms with Gasteiger partial charge in [0.25, 0.3) is 0 Å². The lowest BCUT2D eigenvalue weighted by molar-refractivity contribution is 1.10. The number of aromatic nitrogens is 9. The van der Waals surface area contributed by atoms with Crippen LogP contribution in [0.3, 0.4) is 0 Å². The fraction of sp³-hybridized carbons (Fsp3) is 0.00725. The van der Waals surface area contributed by atoms with Crippen LogP contribution >= 0.6 is 0 Å². The Morgan fingerprint density at radius 1 is 0.153 bits per heavy atom. The highest BCUT2D eigenvalue weighted by Crippen LogP contribution is 2.46. The number of anilines is 9. The van der Waals surface area contributed by atoms with Crippen LogP contribution in [-0.2, 0) is 0 Å². The molecule has 0 aliphatic heterocycles. The summed E-state index contributed by atoms with van der Waals surface area (Å²) in [4.78, 5) is 22.4. The second-order valence-electron chi connectivity index (χ2n) is 38.0. The monoisotopic (exact) mass is 1920 g/mol. The summed E-state index contributed by atoms with van der Waals surface area (Å²) in [6, 6.07) is 200. The Morgan fingerprint density at radius 3 is 0.733 bits per heavy atom. The van der Waals surface area contributed by atoms with Crippen molar-refractivity contribution in [3.8, 4) is 68.3 Å². The van der Waals surface area contributed by atoms with Gasteiger partial charge < -0.3 is 28.4 Å². The van der Waals surface area contributed by atoms with Crippen LogP contribution in [0.2, 0.25) is 0 Å². The number of hydrogen-bond acceptors (Lipinski definition) is 6. The minimum atomic E-state index is 0.917. The maximum absolute atomic E-state index is 5.18. The van der Waals surface area contributed by atoms with Gasteiger partial charge in [-0.2, -0.15) is 0 Å². The summed E-state index contributed by atoms with van der Waals surface area (Å²) >= 11 is 0. The van der Waals surface area contributed by atoms with Crippen molar-refractivity contribution < 1.29 is 0 Å². The molecule has 0 saturated carbocycles. The van der Waals surface area contributed by atoms with Crippen molar-refractivity contribution in [3.05, 3.63) is 570 Å². The van der Waals surface area contributed by atoms with Gasteiger partial charge >= 0.3 is 0 Å². The largest absolute Gasteiger partial charge is 0.311 e. The van der Waals surface area contributed by atoms with Crippen molar-refractivity contribution in [2.45, 2.75) is 6.92 Å². The molecule has 0 spiro atoms. The number of benzene rings is 23. The topological polar surface area (TPSA) is 78.0 Å². The standard InChI is InChI=1S/2C47H32N4.C44H32N4/c1-2-15-35(16-3-1)49(37-29-31-38(32-30-37)50-44-21-9-6-18-40(44)41-19-7-10-22-45(41)50)36-27-25-34(26-28-36)47-48-42-20-8-11-23-46(42)51(47)43-24-12-14-33-13-4-5-17-39(33)43;1-2-14-36(15-3-1)49(38-28-30-39(31-29-38)50-44-19-9-6-16-41(44)42-17-7-10-20-45(42)50)37-25-23-34(24-26-37)47-48-43-18-8-11-21-46(43)51(47)40-27-22-33-12-4-5-13-35(33)32-40;1-31-19-23-37(24-20-31)48-43-18-10-7-15-40(43)45-44(48)32-21-25-34(26-22-32)46(33-11-3-2-4-12-33)35-27-29-36(30-28-35)47-41-16-8-5-13-38(41)39-14-6-9-17-42(39)47/h2*1-32H;2-30H,1H3. The smallest absolute Gasteiger partial charge is 0.145 e. The SMILES string of the molecule is Cc1ccc(-n2c(-c3ccc(N(c4ccccc4)c4ccc(-n5c6ccccc6c6ccccc65)cc4)cc3)nc3ccccc32)cc1.c1ccc(N(c2ccc(-c3nc4ccccc4n3-c3ccc4ccccc4c3)cc2)c2ccc(-n3c4ccccc4c4ccccc43)cc2)cc1.c1ccc(N(c2ccc(-c3nc4ccccc4n3-c3cccc4ccccc34)cc2)c2ccc(-n3c4ccccc4c4ccccc43)cc2)cc1. The first-order valence-electron chi connectivity index (χ1n) is 50.9. The van der Waals surface area contributed by atoms with Crippen molar-refractivity contribution in [1.29, 1.82) is 0 Å². The zero-order valence-electron chi connectivity index (χ0n) is 82.1. The average molecular weight is 1920 g/mol. The van der Waals surface area contributed by atoms with Crippen molar-refractivity contribution in [1.82, 2.24) is 42.4 Å². The predicted molar refractivity (Wildman–Crippen MR) is 626 cm³/mol. The van der Waals surface area contributed by atoms with Gasteiger partial charge in [-0.1, -0.05) is 285 Å². The van der Waals surface area contributed by atoms with Gasteiger partial charge in [-0.15, -0.1) is 0 Å². The Labute approximate surface area is 867 Å². The number of hydrogen-bond donors (Lipinski definition) is 0. The first-order chi connectivity index (χ1) is 74.3. The molecular weight excluding hydrogens is 1830 g/mol. The molecule has 0 aliphatic carbocycles. The van der Waals surface area contributed by atoms with Gasteiger partial charge in [0.15, 0.2) is 0 Å². The maximum Gasteiger partial charge on any atom is 0.145 e. The third-order valence-electron chi connectivity index (χ3n) is 29.0. The minimum Gasteiger partial charge on any atom is -0.311 e. The van der Waals surface area contributed by atoms with E-state index >= 15 is 0 Å². The molecule has 0 unspecified atom stereocenters. The molecule has 0 fully saturated rings. The van der Waals surface area contributed by atoms with E-state index < -0.39 is 0 Å². The molecule has 150 heavy (non-hydrogen) atoms. The Morgan fingerprint density at radius 2 is 0.387 bits per heavy atom. The van der Waals surface area contributed by atoms with Gasteiger partial charge in [-0.25, -0.2) is 15.0 Å². The summed E-state index contributed by atoms with van der Waals surface area (Å²) in [5, 5.41) is 12.4. The number of nitrogens with zero attached hydrogens (tertiary/aromatic N) is 12. The van der Waals surface area contributed by atoms with Crippen molar-refractivity contribution in [2.24, 2.45) is 0 Å². The van der Waals surface area contributed by atoms with Crippen LogP contribution in [0.15, 0.2) is 564 Å². The van der Waals surface area contributed by atoms with Crippen molar-refractivity contribution >= 4 is 171 Å². The van der Waals surface area contributed by atoms with Gasteiger partial charge in [0.05, 0.1) is 71.9 Å². The quantitative estimate of drug-likeness (QED) is 0.0852. The van der Waals surface area contributed by atoms with Gasteiger partial charge in [0, 0.05) is 134 Å². The van der Waals surface area contributed by atoms with Crippen LogP contribution in [0, 0.1) is 6.92 Å². The molecule has 0 radical (unpaired) electrons. The maximum atomic E-state index is 5.18. The van der Waals surface area contributed by atoms with Gasteiger partial charge in [0.2, 0.25) is 0 Å². The molecule has 12 nitrogen and oxygen atoms in total. The van der Waals surface area contributed by atoms with Crippen molar-refractivity contribution in [2.75, 3.05) is 14.7 Å². The van der Waals surface area contributed by atoms with Crippen LogP contribution in [0.25, 0.3) is 188 Å². The van der Waals surface area contributed by atoms with E-state index in [1.54, 1.807) is 0 Å². The molecule has 708 valence electrons. The van der Waals surface area contributed by atoms with Crippen LogP contribution in [0.5, 0.6) is 0 Å². The zero-order valence-corrected chi connectivity index (χ0v) is 82.1.